The van der Waals surface area contributed by atoms with Crippen molar-refractivity contribution in [2.75, 3.05) is 0 Å². The number of aryl methyl sites for hydroxylation is 1. The summed E-state index contributed by atoms with van der Waals surface area (Å²) in [5, 5.41) is 10.4. The van der Waals surface area contributed by atoms with Gasteiger partial charge < -0.3 is 9.84 Å². The van der Waals surface area contributed by atoms with Crippen LogP contribution in [0.5, 0.6) is 0 Å². The van der Waals surface area contributed by atoms with Crippen LogP contribution in [0.15, 0.2) is 59.5 Å². The van der Waals surface area contributed by atoms with E-state index in [1.165, 1.54) is 0 Å². The van der Waals surface area contributed by atoms with Gasteiger partial charge in [-0.1, -0.05) is 55.0 Å². The van der Waals surface area contributed by atoms with Crippen LogP contribution >= 0.6 is 0 Å². The zero-order chi connectivity index (χ0) is 16.7. The largest absolute Gasteiger partial charge is 0.389 e. The number of hydrogen-bond donors (Lipinski definition) is 1. The molecule has 3 rings (SSSR count). The van der Waals surface area contributed by atoms with Gasteiger partial charge in [0.15, 0.2) is 0 Å². The first kappa shape index (κ1) is 16.2. The molecule has 2 aromatic carbocycles. The van der Waals surface area contributed by atoms with Crippen LogP contribution in [-0.2, 0) is 14.6 Å². The average Bonchev–Trinajstić information content (AvgIpc) is 3.33. The second kappa shape index (κ2) is 5.74. The van der Waals surface area contributed by atoms with Gasteiger partial charge in [-0.2, -0.15) is 0 Å². The van der Waals surface area contributed by atoms with Crippen molar-refractivity contribution in [2.45, 2.75) is 42.3 Å². The van der Waals surface area contributed by atoms with E-state index < -0.39 is 27.0 Å². The summed E-state index contributed by atoms with van der Waals surface area (Å²) in [6, 6.07) is 15.8. The number of ether oxygens (including phenoxy) is 1. The van der Waals surface area contributed by atoms with Gasteiger partial charge in [0.05, 0.1) is 4.90 Å². The smallest absolute Gasteiger partial charge is 0.230 e. The number of epoxide rings is 1. The molecule has 0 bridgehead atoms. The zero-order valence-electron chi connectivity index (χ0n) is 13.1. The highest BCUT2D eigenvalue weighted by Gasteiger charge is 2.70. The van der Waals surface area contributed by atoms with Crippen LogP contribution in [0, 0.1) is 6.92 Å². The normalized spacial score (nSPS) is 25.1. The van der Waals surface area contributed by atoms with Gasteiger partial charge in [-0.25, -0.2) is 8.42 Å². The van der Waals surface area contributed by atoms with E-state index in [1.54, 1.807) is 31.2 Å². The predicted molar refractivity (Wildman–Crippen MR) is 87.7 cm³/mol. The van der Waals surface area contributed by atoms with Crippen molar-refractivity contribution in [2.24, 2.45) is 0 Å². The molecule has 122 valence electrons. The van der Waals surface area contributed by atoms with Gasteiger partial charge in [-0.15, -0.1) is 0 Å². The molecule has 0 aromatic heterocycles. The Morgan fingerprint density at radius 3 is 2.30 bits per heavy atom. The van der Waals surface area contributed by atoms with Crippen LogP contribution in [-0.4, -0.2) is 24.6 Å². The number of aliphatic hydroxyl groups excluding tert-OH is 1. The first-order valence-corrected chi connectivity index (χ1v) is 9.14. The third-order valence-corrected chi connectivity index (χ3v) is 6.63. The first-order chi connectivity index (χ1) is 10.9. The van der Waals surface area contributed by atoms with Crippen molar-refractivity contribution in [3.63, 3.8) is 0 Å². The second-order valence-electron chi connectivity index (χ2n) is 5.87. The summed E-state index contributed by atoms with van der Waals surface area (Å²) in [4.78, 5) is -1.42. The van der Waals surface area contributed by atoms with Crippen LogP contribution in [0.2, 0.25) is 0 Å². The van der Waals surface area contributed by atoms with Gasteiger partial charge in [0.1, 0.15) is 12.2 Å². The van der Waals surface area contributed by atoms with Gasteiger partial charge in [0.25, 0.3) is 0 Å². The fourth-order valence-corrected chi connectivity index (χ4v) is 4.93. The highest BCUT2D eigenvalue weighted by atomic mass is 32.2. The van der Waals surface area contributed by atoms with Crippen molar-refractivity contribution in [3.8, 4) is 0 Å². The molecule has 1 aliphatic heterocycles. The Balaban J connectivity index is 2.06. The topological polar surface area (TPSA) is 66.9 Å². The van der Waals surface area contributed by atoms with Crippen LogP contribution in [0.25, 0.3) is 0 Å². The molecule has 4 nitrogen and oxygen atoms in total. The molecule has 5 heteroatoms. The van der Waals surface area contributed by atoms with Crippen molar-refractivity contribution < 1.29 is 18.3 Å². The summed E-state index contributed by atoms with van der Waals surface area (Å²) in [5.41, 5.74) is 1.74. The molecule has 0 radical (unpaired) electrons. The van der Waals surface area contributed by atoms with Gasteiger partial charge in [0.2, 0.25) is 14.8 Å². The summed E-state index contributed by atoms with van der Waals surface area (Å²) >= 11 is 0. The third kappa shape index (κ3) is 2.49. The number of sulfone groups is 1. The maximum atomic E-state index is 13.1. The van der Waals surface area contributed by atoms with E-state index in [4.69, 9.17) is 4.74 Å². The predicted octanol–water partition coefficient (Wildman–Crippen LogP) is 3.01. The molecule has 1 saturated heterocycles. The first-order valence-electron chi connectivity index (χ1n) is 7.65. The minimum Gasteiger partial charge on any atom is -0.389 e. The highest BCUT2D eigenvalue weighted by Crippen LogP contribution is 2.57. The van der Waals surface area contributed by atoms with Crippen LogP contribution in [0.3, 0.4) is 0 Å². The number of hydrogen-bond acceptors (Lipinski definition) is 4. The highest BCUT2D eigenvalue weighted by molar-refractivity contribution is 7.93. The fourth-order valence-electron chi connectivity index (χ4n) is 2.90. The fraction of sp³-hybridized carbons (Fsp3) is 0.333. The Bertz CT molecular complexity index is 784. The number of benzene rings is 2. The Morgan fingerprint density at radius 1 is 1.13 bits per heavy atom. The van der Waals surface area contributed by atoms with E-state index in [0.29, 0.717) is 6.42 Å². The lowest BCUT2D eigenvalue weighted by Crippen LogP contribution is -2.38. The van der Waals surface area contributed by atoms with E-state index in [2.05, 4.69) is 0 Å². The minimum absolute atomic E-state index is 0.175. The van der Waals surface area contributed by atoms with Gasteiger partial charge >= 0.3 is 0 Å². The van der Waals surface area contributed by atoms with E-state index in [-0.39, 0.29) is 4.90 Å². The summed E-state index contributed by atoms with van der Waals surface area (Å²) in [6.45, 7) is 3.65. The van der Waals surface area contributed by atoms with E-state index >= 15 is 0 Å². The quantitative estimate of drug-likeness (QED) is 0.855. The molecule has 0 saturated carbocycles. The Hall–Kier alpha value is -1.69. The van der Waals surface area contributed by atoms with Crippen molar-refractivity contribution in [3.05, 3.63) is 65.7 Å². The molecule has 0 amide bonds. The molecule has 0 unspecified atom stereocenters. The lowest BCUT2D eigenvalue weighted by molar-refractivity contribution is 0.111. The van der Waals surface area contributed by atoms with Crippen molar-refractivity contribution in [1.29, 1.82) is 0 Å². The molecule has 3 atom stereocenters. The van der Waals surface area contributed by atoms with Crippen LogP contribution < -0.4 is 0 Å². The maximum Gasteiger partial charge on any atom is 0.230 e. The van der Waals surface area contributed by atoms with Crippen molar-refractivity contribution in [1.82, 2.24) is 0 Å². The maximum absolute atomic E-state index is 13.1. The lowest BCUT2D eigenvalue weighted by atomic mass is 10.1. The molecule has 1 fully saturated rings. The Kier molecular flexibility index (Phi) is 4.04. The zero-order valence-corrected chi connectivity index (χ0v) is 14.0. The Morgan fingerprint density at radius 2 is 1.74 bits per heavy atom. The molecule has 1 aliphatic rings. The monoisotopic (exact) mass is 332 g/mol. The molecule has 1 N–H and O–H groups in total. The average molecular weight is 332 g/mol. The molecule has 23 heavy (non-hydrogen) atoms. The van der Waals surface area contributed by atoms with E-state index in [0.717, 1.165) is 11.1 Å². The SMILES string of the molecule is CC[C@H](O)[C@]1(S(=O)(=O)c2ccc(C)cc2)O[C@H]1c1ccccc1. The number of rotatable bonds is 5. The van der Waals surface area contributed by atoms with Crippen LogP contribution in [0.1, 0.15) is 30.6 Å². The molecule has 1 heterocycles. The van der Waals surface area contributed by atoms with Gasteiger partial charge in [0, 0.05) is 0 Å². The molecular weight excluding hydrogens is 312 g/mol. The minimum atomic E-state index is -3.83. The van der Waals surface area contributed by atoms with E-state index in [1.807, 2.05) is 37.3 Å². The lowest BCUT2D eigenvalue weighted by Gasteiger charge is -2.19. The summed E-state index contributed by atoms with van der Waals surface area (Å²) < 4.78 is 31.9. The summed E-state index contributed by atoms with van der Waals surface area (Å²) in [7, 11) is -3.83. The second-order valence-corrected chi connectivity index (χ2v) is 7.99. The molecular formula is C18H20O4S. The van der Waals surface area contributed by atoms with Gasteiger partial charge in [-0.3, -0.25) is 0 Å². The van der Waals surface area contributed by atoms with E-state index in [9.17, 15) is 13.5 Å². The summed E-state index contributed by atoms with van der Waals surface area (Å²) in [6.07, 6.45) is -1.43. The molecule has 2 aromatic rings. The molecule has 0 aliphatic carbocycles. The Labute approximate surface area is 136 Å². The third-order valence-electron chi connectivity index (χ3n) is 4.32. The van der Waals surface area contributed by atoms with Gasteiger partial charge in [-0.05, 0) is 31.0 Å². The van der Waals surface area contributed by atoms with Crippen molar-refractivity contribution >= 4 is 9.84 Å². The van der Waals surface area contributed by atoms with Crippen LogP contribution in [0.4, 0.5) is 0 Å². The summed E-state index contributed by atoms with van der Waals surface area (Å²) in [5.74, 6) is 0. The standard InChI is InChI=1S/C18H20O4S/c1-3-16(19)18(17(22-18)14-7-5-4-6-8-14)23(20,21)15-11-9-13(2)10-12-15/h4-12,16-17,19H,3H2,1-2H3/t16-,17-,18+/m0/s1. The molecule has 0 spiro atoms. The number of aliphatic hydroxyl groups is 1.